The summed E-state index contributed by atoms with van der Waals surface area (Å²) >= 11 is 1.79. The van der Waals surface area contributed by atoms with Crippen LogP contribution < -0.4 is 10.9 Å². The fourth-order valence-electron chi connectivity index (χ4n) is 1.29. The van der Waals surface area contributed by atoms with Crippen molar-refractivity contribution in [1.29, 1.82) is 0 Å². The fraction of sp³-hybridized carbons (Fsp3) is 0.636. The van der Waals surface area contributed by atoms with Crippen molar-refractivity contribution in [2.45, 2.75) is 32.6 Å². The van der Waals surface area contributed by atoms with Gasteiger partial charge in [0.1, 0.15) is 5.82 Å². The molecule has 16 heavy (non-hydrogen) atoms. The minimum atomic E-state index is -0.0602. The molecule has 0 spiro atoms. The van der Waals surface area contributed by atoms with Gasteiger partial charge in [0.15, 0.2) is 0 Å². The molecule has 0 aliphatic heterocycles. The Hall–Kier alpha value is -0.810. The Balaban J connectivity index is 2.62. The van der Waals surface area contributed by atoms with Crippen molar-refractivity contribution in [3.05, 3.63) is 27.9 Å². The lowest BCUT2D eigenvalue weighted by atomic mass is 10.4. The van der Waals surface area contributed by atoms with Crippen molar-refractivity contribution in [1.82, 2.24) is 15.3 Å². The van der Waals surface area contributed by atoms with E-state index in [9.17, 15) is 4.79 Å². The third-order valence-electron chi connectivity index (χ3n) is 1.99. The summed E-state index contributed by atoms with van der Waals surface area (Å²) in [5.74, 6) is 2.66. The smallest absolute Gasteiger partial charge is 0.251 e. The van der Waals surface area contributed by atoms with E-state index >= 15 is 0 Å². The third kappa shape index (κ3) is 4.81. The molecule has 0 aliphatic carbocycles. The minimum absolute atomic E-state index is 0.0602. The summed E-state index contributed by atoms with van der Waals surface area (Å²) in [6.45, 7) is 5.72. The molecule has 0 aliphatic rings. The number of aromatic amines is 1. The topological polar surface area (TPSA) is 57.8 Å². The first-order valence-electron chi connectivity index (χ1n) is 5.63. The van der Waals surface area contributed by atoms with E-state index in [0.717, 1.165) is 36.0 Å². The van der Waals surface area contributed by atoms with E-state index in [0.29, 0.717) is 6.54 Å². The summed E-state index contributed by atoms with van der Waals surface area (Å²) in [7, 11) is 0. The summed E-state index contributed by atoms with van der Waals surface area (Å²) in [6, 6.07) is 1.55. The molecule has 0 fully saturated rings. The van der Waals surface area contributed by atoms with E-state index in [1.165, 1.54) is 0 Å². The van der Waals surface area contributed by atoms with Crippen molar-refractivity contribution in [3.63, 3.8) is 0 Å². The molecule has 2 N–H and O–H groups in total. The van der Waals surface area contributed by atoms with Crippen molar-refractivity contribution in [3.8, 4) is 0 Å². The predicted octanol–water partition coefficient (Wildman–Crippen LogP) is 1.52. The molecule has 0 radical (unpaired) electrons. The highest BCUT2D eigenvalue weighted by atomic mass is 32.2. The lowest BCUT2D eigenvalue weighted by Crippen LogP contribution is -2.18. The molecule has 4 nitrogen and oxygen atoms in total. The van der Waals surface area contributed by atoms with Crippen molar-refractivity contribution >= 4 is 11.8 Å². The van der Waals surface area contributed by atoms with Gasteiger partial charge in [0.25, 0.3) is 5.56 Å². The maximum atomic E-state index is 11.4. The summed E-state index contributed by atoms with van der Waals surface area (Å²) < 4.78 is 0. The Morgan fingerprint density at radius 2 is 2.31 bits per heavy atom. The summed E-state index contributed by atoms with van der Waals surface area (Å²) in [5, 5.41) is 3.16. The first kappa shape index (κ1) is 13.3. The molecule has 0 amide bonds. The molecule has 0 saturated heterocycles. The summed E-state index contributed by atoms with van der Waals surface area (Å²) in [5.41, 5.74) is 0.757. The van der Waals surface area contributed by atoms with Gasteiger partial charge in [-0.2, -0.15) is 11.8 Å². The van der Waals surface area contributed by atoms with Gasteiger partial charge in [0.05, 0.1) is 11.4 Å². The first-order valence-corrected chi connectivity index (χ1v) is 6.79. The van der Waals surface area contributed by atoms with E-state index in [1.54, 1.807) is 17.8 Å². The molecular formula is C11H19N3OS. The van der Waals surface area contributed by atoms with Crippen LogP contribution in [0.25, 0.3) is 0 Å². The normalized spacial score (nSPS) is 10.6. The van der Waals surface area contributed by atoms with Crippen LogP contribution in [0.3, 0.4) is 0 Å². The zero-order valence-corrected chi connectivity index (χ0v) is 10.7. The van der Waals surface area contributed by atoms with Gasteiger partial charge in [-0.25, -0.2) is 4.98 Å². The number of H-pyrrole nitrogens is 1. The van der Waals surface area contributed by atoms with Gasteiger partial charge in [0.2, 0.25) is 0 Å². The molecule has 0 atom stereocenters. The monoisotopic (exact) mass is 241 g/mol. The molecular weight excluding hydrogens is 222 g/mol. The lowest BCUT2D eigenvalue weighted by molar-refractivity contribution is 0.702. The number of aromatic nitrogens is 2. The molecule has 5 heteroatoms. The molecule has 0 aromatic carbocycles. The largest absolute Gasteiger partial charge is 0.311 e. The number of nitrogens with zero attached hydrogens (tertiary/aromatic N) is 1. The van der Waals surface area contributed by atoms with E-state index in [1.807, 2.05) is 6.92 Å². The highest BCUT2D eigenvalue weighted by molar-refractivity contribution is 7.98. The van der Waals surface area contributed by atoms with Crippen LogP contribution >= 0.6 is 11.8 Å². The Morgan fingerprint density at radius 1 is 1.50 bits per heavy atom. The van der Waals surface area contributed by atoms with Crippen LogP contribution in [0.15, 0.2) is 10.9 Å². The second kappa shape index (κ2) is 7.46. The van der Waals surface area contributed by atoms with Crippen LogP contribution in [0.2, 0.25) is 0 Å². The molecule has 90 valence electrons. The zero-order chi connectivity index (χ0) is 11.8. The molecule has 1 heterocycles. The molecule has 1 aromatic rings. The Bertz CT molecular complexity index is 364. The van der Waals surface area contributed by atoms with Gasteiger partial charge in [-0.3, -0.25) is 4.79 Å². The van der Waals surface area contributed by atoms with Crippen LogP contribution in [-0.2, 0) is 12.3 Å². The van der Waals surface area contributed by atoms with Gasteiger partial charge in [-0.15, -0.1) is 0 Å². The van der Waals surface area contributed by atoms with Crippen LogP contribution in [0.4, 0.5) is 0 Å². The minimum Gasteiger partial charge on any atom is -0.311 e. The molecule has 1 aromatic heterocycles. The van der Waals surface area contributed by atoms with Crippen LogP contribution in [0, 0.1) is 0 Å². The van der Waals surface area contributed by atoms with E-state index in [-0.39, 0.29) is 5.56 Å². The van der Waals surface area contributed by atoms with E-state index in [2.05, 4.69) is 22.2 Å². The van der Waals surface area contributed by atoms with Crippen molar-refractivity contribution in [2.75, 3.05) is 12.3 Å². The van der Waals surface area contributed by atoms with Gasteiger partial charge in [0, 0.05) is 12.6 Å². The second-order valence-electron chi connectivity index (χ2n) is 3.52. The van der Waals surface area contributed by atoms with Gasteiger partial charge >= 0.3 is 0 Å². The predicted molar refractivity (Wildman–Crippen MR) is 68.7 cm³/mol. The molecule has 1 rings (SSSR count). The van der Waals surface area contributed by atoms with E-state index < -0.39 is 0 Å². The van der Waals surface area contributed by atoms with Crippen LogP contribution in [0.5, 0.6) is 0 Å². The molecule has 0 unspecified atom stereocenters. The zero-order valence-electron chi connectivity index (χ0n) is 9.88. The highest BCUT2D eigenvalue weighted by Gasteiger charge is 2.01. The first-order chi connectivity index (χ1) is 7.76. The fourth-order valence-corrected chi connectivity index (χ4v) is 2.05. The quantitative estimate of drug-likeness (QED) is 0.711. The Kier molecular flexibility index (Phi) is 6.18. The Labute approximate surface area is 100 Å². The number of hydrogen-bond acceptors (Lipinski definition) is 4. The maximum absolute atomic E-state index is 11.4. The standard InChI is InChI=1S/C11H19N3OS/c1-3-5-16-8-10-13-9(7-12-4-2)6-11(15)14-10/h6,12H,3-5,7-8H2,1-2H3,(H,13,14,15). The number of thioether (sulfide) groups is 1. The Morgan fingerprint density at radius 3 is 3.00 bits per heavy atom. The molecule has 0 saturated carbocycles. The number of nitrogens with one attached hydrogen (secondary N) is 2. The summed E-state index contributed by atoms with van der Waals surface area (Å²) in [6.07, 6.45) is 1.14. The van der Waals surface area contributed by atoms with Crippen molar-refractivity contribution < 1.29 is 0 Å². The van der Waals surface area contributed by atoms with Gasteiger partial charge in [-0.1, -0.05) is 13.8 Å². The molecule has 0 bridgehead atoms. The third-order valence-corrected chi connectivity index (χ3v) is 3.16. The highest BCUT2D eigenvalue weighted by Crippen LogP contribution is 2.08. The average molecular weight is 241 g/mol. The SMILES string of the molecule is CCCSCc1nc(CNCC)cc(=O)[nH]1. The maximum Gasteiger partial charge on any atom is 0.251 e. The van der Waals surface area contributed by atoms with Crippen LogP contribution in [0.1, 0.15) is 31.8 Å². The summed E-state index contributed by atoms with van der Waals surface area (Å²) in [4.78, 5) is 18.5. The van der Waals surface area contributed by atoms with Gasteiger partial charge < -0.3 is 10.3 Å². The van der Waals surface area contributed by atoms with Crippen LogP contribution in [-0.4, -0.2) is 22.3 Å². The van der Waals surface area contributed by atoms with E-state index in [4.69, 9.17) is 0 Å². The van der Waals surface area contributed by atoms with Gasteiger partial charge in [-0.05, 0) is 18.7 Å². The number of hydrogen-bond donors (Lipinski definition) is 2. The second-order valence-corrected chi connectivity index (χ2v) is 4.62. The lowest BCUT2D eigenvalue weighted by Gasteiger charge is -2.04. The number of rotatable bonds is 7. The average Bonchev–Trinajstić information content (AvgIpc) is 2.26. The van der Waals surface area contributed by atoms with Crippen molar-refractivity contribution in [2.24, 2.45) is 0 Å².